The van der Waals surface area contributed by atoms with E-state index < -0.39 is 0 Å². The third kappa shape index (κ3) is 4.40. The molecule has 1 aromatic carbocycles. The van der Waals surface area contributed by atoms with Crippen molar-refractivity contribution in [1.29, 1.82) is 0 Å². The number of ether oxygens (including phenoxy) is 1. The molecule has 1 saturated heterocycles. The lowest BCUT2D eigenvalue weighted by atomic mass is 9.94. The van der Waals surface area contributed by atoms with Crippen molar-refractivity contribution in [3.05, 3.63) is 35.5 Å². The summed E-state index contributed by atoms with van der Waals surface area (Å²) in [6.07, 6.45) is 7.54. The first-order chi connectivity index (χ1) is 12.0. The second-order valence-corrected chi connectivity index (χ2v) is 7.62. The van der Waals surface area contributed by atoms with Gasteiger partial charge in [-0.1, -0.05) is 45.2 Å². The Balaban J connectivity index is 1.74. The van der Waals surface area contributed by atoms with Crippen LogP contribution in [0.5, 0.6) is 5.75 Å². The summed E-state index contributed by atoms with van der Waals surface area (Å²) in [5.41, 5.74) is 1.49. The Kier molecular flexibility index (Phi) is 5.74. The molecule has 0 bridgehead atoms. The minimum Gasteiger partial charge on any atom is -0.493 e. The monoisotopic (exact) mass is 358 g/mol. The van der Waals surface area contributed by atoms with Gasteiger partial charge < -0.3 is 10.1 Å². The first-order valence-corrected chi connectivity index (χ1v) is 9.54. The fourth-order valence-electron chi connectivity index (χ4n) is 3.34. The van der Waals surface area contributed by atoms with Crippen LogP contribution in [0.15, 0.2) is 30.0 Å². The van der Waals surface area contributed by atoms with Crippen LogP contribution in [-0.4, -0.2) is 28.6 Å². The molecule has 3 rings (SSSR count). The van der Waals surface area contributed by atoms with E-state index in [9.17, 15) is 4.79 Å². The van der Waals surface area contributed by atoms with Crippen LogP contribution in [0.2, 0.25) is 0 Å². The zero-order chi connectivity index (χ0) is 17.8. The van der Waals surface area contributed by atoms with E-state index in [0.717, 1.165) is 24.2 Å². The van der Waals surface area contributed by atoms with Crippen LogP contribution in [0.1, 0.15) is 51.5 Å². The second kappa shape index (κ2) is 8.00. The fourth-order valence-corrected chi connectivity index (χ4v) is 3.69. The molecule has 0 unspecified atom stereocenters. The Morgan fingerprint density at radius 3 is 2.80 bits per heavy atom. The predicted molar refractivity (Wildman–Crippen MR) is 104 cm³/mol. The zero-order valence-corrected chi connectivity index (χ0v) is 15.8. The molecule has 4 nitrogen and oxygen atoms in total. The number of hydrogen-bond donors (Lipinski definition) is 1. The molecular weight excluding hydrogens is 332 g/mol. The molecule has 0 aromatic heterocycles. The van der Waals surface area contributed by atoms with Gasteiger partial charge in [-0.25, -0.2) is 0 Å². The topological polar surface area (TPSA) is 41.6 Å². The molecule has 134 valence electrons. The van der Waals surface area contributed by atoms with E-state index in [0.29, 0.717) is 23.3 Å². The van der Waals surface area contributed by atoms with Crippen LogP contribution in [0.25, 0.3) is 6.08 Å². The van der Waals surface area contributed by atoms with Gasteiger partial charge in [0, 0.05) is 6.04 Å². The summed E-state index contributed by atoms with van der Waals surface area (Å²) in [7, 11) is 0. The molecule has 1 aliphatic carbocycles. The maximum absolute atomic E-state index is 12.8. The number of carbonyl (C=O) groups is 1. The molecule has 2 fully saturated rings. The van der Waals surface area contributed by atoms with E-state index in [1.165, 1.54) is 19.3 Å². The van der Waals surface area contributed by atoms with Gasteiger partial charge >= 0.3 is 0 Å². The lowest BCUT2D eigenvalue weighted by Gasteiger charge is -2.29. The van der Waals surface area contributed by atoms with Crippen LogP contribution in [-0.2, 0) is 4.79 Å². The maximum atomic E-state index is 12.8. The Hall–Kier alpha value is -1.88. The van der Waals surface area contributed by atoms with Crippen LogP contribution < -0.4 is 10.1 Å². The van der Waals surface area contributed by atoms with Gasteiger partial charge in [0.05, 0.1) is 6.61 Å². The van der Waals surface area contributed by atoms with E-state index in [2.05, 4.69) is 19.2 Å². The van der Waals surface area contributed by atoms with Crippen molar-refractivity contribution in [3.8, 4) is 5.75 Å². The summed E-state index contributed by atoms with van der Waals surface area (Å²) >= 11 is 5.42. The number of thiocarbonyl (C=S) groups is 1. The second-order valence-electron chi connectivity index (χ2n) is 7.23. The van der Waals surface area contributed by atoms with E-state index in [-0.39, 0.29) is 11.9 Å². The smallest absolute Gasteiger partial charge is 0.276 e. The highest BCUT2D eigenvalue weighted by atomic mass is 32.1. The van der Waals surface area contributed by atoms with Crippen molar-refractivity contribution in [3.63, 3.8) is 0 Å². The summed E-state index contributed by atoms with van der Waals surface area (Å²) in [6, 6.07) is 8.05. The Morgan fingerprint density at radius 2 is 2.08 bits per heavy atom. The molecule has 25 heavy (non-hydrogen) atoms. The molecule has 1 saturated carbocycles. The van der Waals surface area contributed by atoms with E-state index >= 15 is 0 Å². The third-order valence-electron chi connectivity index (χ3n) is 4.60. The molecule has 0 atom stereocenters. The van der Waals surface area contributed by atoms with Crippen molar-refractivity contribution in [2.75, 3.05) is 6.61 Å². The van der Waals surface area contributed by atoms with Crippen LogP contribution in [0.4, 0.5) is 0 Å². The minimum absolute atomic E-state index is 0.00889. The van der Waals surface area contributed by atoms with E-state index in [4.69, 9.17) is 17.0 Å². The SMILES string of the molecule is CC(C)COc1cccc(/C=C2/NC(=S)N(C3CCCCC3)C2=O)c1. The molecule has 1 aromatic rings. The number of amides is 1. The molecule has 1 heterocycles. The lowest BCUT2D eigenvalue weighted by molar-refractivity contribution is -0.124. The number of benzene rings is 1. The van der Waals surface area contributed by atoms with Gasteiger partial charge in [-0.15, -0.1) is 0 Å². The molecule has 1 aliphatic heterocycles. The molecule has 5 heteroatoms. The zero-order valence-electron chi connectivity index (χ0n) is 15.0. The summed E-state index contributed by atoms with van der Waals surface area (Å²) in [5, 5.41) is 3.63. The van der Waals surface area contributed by atoms with Crippen molar-refractivity contribution in [2.24, 2.45) is 5.92 Å². The van der Waals surface area contributed by atoms with Gasteiger partial charge in [-0.2, -0.15) is 0 Å². The van der Waals surface area contributed by atoms with Crippen LogP contribution >= 0.6 is 12.2 Å². The largest absolute Gasteiger partial charge is 0.493 e. The minimum atomic E-state index is -0.00889. The number of nitrogens with one attached hydrogen (secondary N) is 1. The van der Waals surface area contributed by atoms with Gasteiger partial charge in [-0.3, -0.25) is 9.69 Å². The molecule has 1 N–H and O–H groups in total. The summed E-state index contributed by atoms with van der Waals surface area (Å²) in [4.78, 5) is 14.6. The first-order valence-electron chi connectivity index (χ1n) is 9.13. The quantitative estimate of drug-likeness (QED) is 0.635. The Bertz CT molecular complexity index is 678. The molecule has 1 amide bonds. The average molecular weight is 359 g/mol. The maximum Gasteiger partial charge on any atom is 0.276 e. The standard InChI is InChI=1S/C20H26N2O2S/c1-14(2)13-24-17-10-6-7-15(11-17)12-18-19(23)22(20(25)21-18)16-8-4-3-5-9-16/h6-7,10-12,14,16H,3-5,8-9,13H2,1-2H3,(H,21,25)/b18-12+. The van der Waals surface area contributed by atoms with Gasteiger partial charge in [0.2, 0.25) is 0 Å². The highest BCUT2D eigenvalue weighted by Crippen LogP contribution is 2.27. The van der Waals surface area contributed by atoms with Gasteiger partial charge in [0.15, 0.2) is 5.11 Å². The summed E-state index contributed by atoms with van der Waals surface area (Å²) < 4.78 is 5.77. The van der Waals surface area contributed by atoms with Gasteiger partial charge in [0.25, 0.3) is 5.91 Å². The fraction of sp³-hybridized carbons (Fsp3) is 0.500. The van der Waals surface area contributed by atoms with Crippen molar-refractivity contribution in [1.82, 2.24) is 10.2 Å². The summed E-state index contributed by atoms with van der Waals surface area (Å²) in [5.74, 6) is 1.28. The molecule has 0 spiro atoms. The number of rotatable bonds is 5. The third-order valence-corrected chi connectivity index (χ3v) is 4.90. The van der Waals surface area contributed by atoms with E-state index in [1.807, 2.05) is 30.3 Å². The summed E-state index contributed by atoms with van der Waals surface area (Å²) in [6.45, 7) is 4.91. The van der Waals surface area contributed by atoms with Gasteiger partial charge in [0.1, 0.15) is 11.4 Å². The first kappa shape index (κ1) is 17.9. The lowest BCUT2D eigenvalue weighted by Crippen LogP contribution is -2.41. The van der Waals surface area contributed by atoms with Crippen LogP contribution in [0, 0.1) is 5.92 Å². The highest BCUT2D eigenvalue weighted by Gasteiger charge is 2.36. The van der Waals surface area contributed by atoms with Crippen molar-refractivity contribution < 1.29 is 9.53 Å². The average Bonchev–Trinajstić information content (AvgIpc) is 2.88. The molecule has 2 aliphatic rings. The van der Waals surface area contributed by atoms with Crippen LogP contribution in [0.3, 0.4) is 0 Å². The Morgan fingerprint density at radius 1 is 1.32 bits per heavy atom. The Labute approximate surface area is 155 Å². The molecule has 0 radical (unpaired) electrons. The number of hydrogen-bond acceptors (Lipinski definition) is 3. The van der Waals surface area contributed by atoms with E-state index in [1.54, 1.807) is 4.90 Å². The predicted octanol–water partition coefficient (Wildman–Crippen LogP) is 4.11. The van der Waals surface area contributed by atoms with Crippen molar-refractivity contribution in [2.45, 2.75) is 52.0 Å². The van der Waals surface area contributed by atoms with Crippen molar-refractivity contribution >= 4 is 29.3 Å². The number of nitrogens with zero attached hydrogens (tertiary/aromatic N) is 1. The highest BCUT2D eigenvalue weighted by molar-refractivity contribution is 7.80. The van der Waals surface area contributed by atoms with Gasteiger partial charge in [-0.05, 0) is 54.7 Å². The molecular formula is C20H26N2O2S. The number of carbonyl (C=O) groups excluding carboxylic acids is 1. The normalized spacial score (nSPS) is 20.4.